The largest absolute Gasteiger partial charge is 0.497 e. The van der Waals surface area contributed by atoms with Crippen LogP contribution in [0.15, 0.2) is 72.0 Å². The highest BCUT2D eigenvalue weighted by molar-refractivity contribution is 8.15. The number of carbonyl (C=O) groups excluding carboxylic acids is 2. The number of nitrogens with one attached hydrogen (secondary N) is 1. The van der Waals surface area contributed by atoms with Gasteiger partial charge in [0, 0.05) is 11.6 Å². The molecule has 1 aromatic heterocycles. The minimum atomic E-state index is -4.52. The number of amidine groups is 1. The zero-order valence-electron chi connectivity index (χ0n) is 23.0. The average molecular weight is 613 g/mol. The molecule has 1 aliphatic heterocycles. The lowest BCUT2D eigenvalue weighted by Gasteiger charge is -2.22. The van der Waals surface area contributed by atoms with Crippen LogP contribution in [0.2, 0.25) is 0 Å². The Morgan fingerprint density at radius 2 is 1.91 bits per heavy atom. The van der Waals surface area contributed by atoms with Crippen LogP contribution in [0.5, 0.6) is 5.75 Å². The molecule has 1 fully saturated rings. The van der Waals surface area contributed by atoms with E-state index in [4.69, 9.17) is 4.74 Å². The van der Waals surface area contributed by atoms with Gasteiger partial charge in [-0.25, -0.2) is 18.9 Å². The zero-order chi connectivity index (χ0) is 30.9. The Morgan fingerprint density at radius 1 is 1.12 bits per heavy atom. The van der Waals surface area contributed by atoms with Gasteiger partial charge < -0.3 is 10.1 Å². The number of hydrogen-bond acceptors (Lipinski definition) is 6. The van der Waals surface area contributed by atoms with E-state index in [1.54, 1.807) is 12.1 Å². The minimum absolute atomic E-state index is 0.0604. The number of rotatable bonds is 6. The van der Waals surface area contributed by atoms with Crippen molar-refractivity contribution in [2.45, 2.75) is 25.9 Å². The Kier molecular flexibility index (Phi) is 8.22. The quantitative estimate of drug-likeness (QED) is 0.238. The lowest BCUT2D eigenvalue weighted by atomic mass is 10.00. The van der Waals surface area contributed by atoms with Gasteiger partial charge in [0.2, 0.25) is 5.91 Å². The third kappa shape index (κ3) is 6.38. The van der Waals surface area contributed by atoms with E-state index in [0.717, 1.165) is 40.2 Å². The summed E-state index contributed by atoms with van der Waals surface area (Å²) in [6.45, 7) is 3.95. The molecule has 0 saturated carbocycles. The number of amides is 3. The molecule has 0 bridgehead atoms. The van der Waals surface area contributed by atoms with Crippen molar-refractivity contribution < 1.29 is 31.9 Å². The molecule has 1 N–H and O–H groups in total. The summed E-state index contributed by atoms with van der Waals surface area (Å²) < 4.78 is 60.7. The first-order valence-corrected chi connectivity index (χ1v) is 13.9. The summed E-state index contributed by atoms with van der Waals surface area (Å²) in [5.74, 6) is -0.352. The van der Waals surface area contributed by atoms with Crippen LogP contribution in [0.1, 0.15) is 30.9 Å². The summed E-state index contributed by atoms with van der Waals surface area (Å²) in [6, 6.07) is 12.8. The number of methoxy groups -OCH3 is 1. The number of hydrogen-bond donors (Lipinski definition) is 1. The van der Waals surface area contributed by atoms with Crippen molar-refractivity contribution in [1.82, 2.24) is 14.8 Å². The van der Waals surface area contributed by atoms with E-state index in [9.17, 15) is 22.8 Å². The van der Waals surface area contributed by atoms with Crippen LogP contribution < -0.4 is 15.0 Å². The highest BCUT2D eigenvalue weighted by Gasteiger charge is 2.33. The number of alkyl halides is 3. The first-order chi connectivity index (χ1) is 20.4. The summed E-state index contributed by atoms with van der Waals surface area (Å²) in [5, 5.41) is 6.69. The molecular weight excluding hydrogens is 588 g/mol. The Hall–Kier alpha value is -4.72. The standard InChI is InChI=1S/C29H24F4N6O3S/c1-16(2)21-9-8-20(42-3)13-24(21)39-25(40)14-43-28(39)36-27(41)35-23-10-7-17(11-22(23)30)26-34-15-38(37-26)19-6-4-5-18(12-19)29(31,32)33/h4-13,15-16H,14H2,1-3H3,(H,35,41). The lowest BCUT2D eigenvalue weighted by molar-refractivity contribution is -0.137. The number of halogens is 4. The van der Waals surface area contributed by atoms with E-state index in [2.05, 4.69) is 20.4 Å². The fraction of sp³-hybridized carbons (Fsp3) is 0.207. The maximum atomic E-state index is 15.0. The van der Waals surface area contributed by atoms with Crippen LogP contribution in [0.4, 0.5) is 33.7 Å². The third-order valence-electron chi connectivity index (χ3n) is 6.46. The minimum Gasteiger partial charge on any atom is -0.497 e. The molecule has 3 aromatic carbocycles. The van der Waals surface area contributed by atoms with Gasteiger partial charge in [0.25, 0.3) is 0 Å². The molecule has 5 rings (SSSR count). The van der Waals surface area contributed by atoms with E-state index >= 15 is 4.39 Å². The van der Waals surface area contributed by atoms with Crippen molar-refractivity contribution in [2.75, 3.05) is 23.1 Å². The topological polar surface area (TPSA) is 102 Å². The number of aliphatic imine (C=N–C) groups is 1. The molecule has 0 atom stereocenters. The summed E-state index contributed by atoms with van der Waals surface area (Å²) in [5.41, 5.74) is 0.738. The number of anilines is 2. The number of aromatic nitrogens is 3. The molecule has 3 amide bonds. The van der Waals surface area contributed by atoms with Crippen molar-refractivity contribution >= 4 is 40.2 Å². The second kappa shape index (κ2) is 11.9. The second-order valence-electron chi connectivity index (χ2n) is 9.68. The summed E-state index contributed by atoms with van der Waals surface area (Å²) in [4.78, 5) is 35.1. The van der Waals surface area contributed by atoms with Crippen LogP contribution in [0, 0.1) is 5.82 Å². The first kappa shape index (κ1) is 29.8. The number of benzene rings is 3. The average Bonchev–Trinajstić information content (AvgIpc) is 3.60. The van der Waals surface area contributed by atoms with Gasteiger partial charge in [-0.2, -0.15) is 18.2 Å². The molecule has 43 heavy (non-hydrogen) atoms. The van der Waals surface area contributed by atoms with Crippen molar-refractivity contribution in [3.05, 3.63) is 83.9 Å². The number of thioether (sulfide) groups is 1. The van der Waals surface area contributed by atoms with Gasteiger partial charge in [0.1, 0.15) is 17.9 Å². The molecule has 4 aromatic rings. The number of nitrogens with zero attached hydrogens (tertiary/aromatic N) is 5. The molecule has 1 saturated heterocycles. The number of ether oxygens (including phenoxy) is 1. The molecular formula is C29H24F4N6O3S. The molecule has 2 heterocycles. The van der Waals surface area contributed by atoms with Crippen LogP contribution >= 0.6 is 11.8 Å². The Morgan fingerprint density at radius 3 is 2.60 bits per heavy atom. The molecule has 1 aliphatic rings. The van der Waals surface area contributed by atoms with Crippen molar-refractivity contribution in [2.24, 2.45) is 4.99 Å². The molecule has 0 aliphatic carbocycles. The fourth-order valence-electron chi connectivity index (χ4n) is 4.34. The normalized spacial score (nSPS) is 14.6. The van der Waals surface area contributed by atoms with E-state index < -0.39 is 23.6 Å². The first-order valence-electron chi connectivity index (χ1n) is 12.9. The molecule has 14 heteroatoms. The summed E-state index contributed by atoms with van der Waals surface area (Å²) in [6.07, 6.45) is -3.31. The van der Waals surface area contributed by atoms with Gasteiger partial charge in [-0.15, -0.1) is 5.10 Å². The Labute approximate surface area is 247 Å². The van der Waals surface area contributed by atoms with Gasteiger partial charge in [-0.3, -0.25) is 9.69 Å². The van der Waals surface area contributed by atoms with Gasteiger partial charge in [0.05, 0.1) is 35.5 Å². The highest BCUT2D eigenvalue weighted by atomic mass is 32.2. The van der Waals surface area contributed by atoms with Gasteiger partial charge in [0.15, 0.2) is 11.0 Å². The van der Waals surface area contributed by atoms with Crippen LogP contribution in [0.3, 0.4) is 0 Å². The van der Waals surface area contributed by atoms with E-state index in [0.29, 0.717) is 11.4 Å². The van der Waals surface area contributed by atoms with E-state index in [1.807, 2.05) is 19.9 Å². The van der Waals surface area contributed by atoms with Gasteiger partial charge in [-0.05, 0) is 53.9 Å². The van der Waals surface area contributed by atoms with E-state index in [1.165, 1.54) is 42.6 Å². The van der Waals surface area contributed by atoms with Crippen molar-refractivity contribution in [1.29, 1.82) is 0 Å². The lowest BCUT2D eigenvalue weighted by Crippen LogP contribution is -2.31. The maximum absolute atomic E-state index is 15.0. The molecule has 0 spiro atoms. The predicted octanol–water partition coefficient (Wildman–Crippen LogP) is 6.89. The number of urea groups is 1. The Balaban J connectivity index is 1.35. The predicted molar refractivity (Wildman–Crippen MR) is 155 cm³/mol. The number of carbonyl (C=O) groups is 2. The smallest absolute Gasteiger partial charge is 0.416 e. The Bertz CT molecular complexity index is 1740. The van der Waals surface area contributed by atoms with Crippen molar-refractivity contribution in [3.63, 3.8) is 0 Å². The monoisotopic (exact) mass is 612 g/mol. The summed E-state index contributed by atoms with van der Waals surface area (Å²) in [7, 11) is 1.51. The molecule has 9 nitrogen and oxygen atoms in total. The van der Waals surface area contributed by atoms with Crippen LogP contribution in [-0.4, -0.2) is 44.7 Å². The van der Waals surface area contributed by atoms with E-state index in [-0.39, 0.29) is 45.5 Å². The van der Waals surface area contributed by atoms with Crippen LogP contribution in [0.25, 0.3) is 17.1 Å². The molecule has 222 valence electrons. The summed E-state index contributed by atoms with van der Waals surface area (Å²) >= 11 is 1.08. The maximum Gasteiger partial charge on any atom is 0.416 e. The SMILES string of the molecule is COc1ccc(C(C)C)c(N2C(=O)CSC2=NC(=O)Nc2ccc(-c3ncn(-c4cccc(C(F)(F)F)c4)n3)cc2F)c1. The van der Waals surface area contributed by atoms with Crippen LogP contribution in [-0.2, 0) is 11.0 Å². The second-order valence-corrected chi connectivity index (χ2v) is 10.6. The van der Waals surface area contributed by atoms with Gasteiger partial charge in [-0.1, -0.05) is 37.7 Å². The molecule has 0 radical (unpaired) electrons. The fourth-order valence-corrected chi connectivity index (χ4v) is 5.20. The highest BCUT2D eigenvalue weighted by Crippen LogP contribution is 2.36. The van der Waals surface area contributed by atoms with Gasteiger partial charge >= 0.3 is 12.2 Å². The molecule has 0 unspecified atom stereocenters. The third-order valence-corrected chi connectivity index (χ3v) is 7.39. The van der Waals surface area contributed by atoms with Crippen molar-refractivity contribution in [3.8, 4) is 22.8 Å². The zero-order valence-corrected chi connectivity index (χ0v) is 23.8.